The predicted molar refractivity (Wildman–Crippen MR) is 131 cm³/mol. The van der Waals surface area contributed by atoms with E-state index in [1.54, 1.807) is 18.2 Å². The van der Waals surface area contributed by atoms with E-state index in [0.717, 1.165) is 24.3 Å². The number of fused-ring (bicyclic) bond motifs is 1. The van der Waals surface area contributed by atoms with Crippen LogP contribution in [0.4, 0.5) is 18.3 Å². The van der Waals surface area contributed by atoms with Gasteiger partial charge in [-0.25, -0.2) is 4.98 Å². The molecule has 1 saturated heterocycles. The van der Waals surface area contributed by atoms with E-state index >= 15 is 0 Å². The number of nitrogens with zero attached hydrogens (tertiary/aromatic N) is 3. The lowest BCUT2D eigenvalue weighted by atomic mass is 10.1. The minimum atomic E-state index is -4.38. The van der Waals surface area contributed by atoms with Crippen LogP contribution >= 0.6 is 22.9 Å². The summed E-state index contributed by atoms with van der Waals surface area (Å²) in [4.78, 5) is 20.2. The van der Waals surface area contributed by atoms with E-state index in [1.165, 1.54) is 30.4 Å². The van der Waals surface area contributed by atoms with Gasteiger partial charge in [-0.05, 0) is 44.2 Å². The summed E-state index contributed by atoms with van der Waals surface area (Å²) >= 11 is 7.49. The third kappa shape index (κ3) is 5.99. The van der Waals surface area contributed by atoms with Gasteiger partial charge in [0.25, 0.3) is 0 Å². The van der Waals surface area contributed by atoms with E-state index in [4.69, 9.17) is 21.1 Å². The highest BCUT2D eigenvalue weighted by Gasteiger charge is 2.33. The number of hydrogen-bond donors (Lipinski definition) is 0. The molecule has 2 unspecified atom stereocenters. The average molecular weight is 528 g/mol. The Balaban J connectivity index is 1.38. The Hall–Kier alpha value is -2.56. The van der Waals surface area contributed by atoms with Crippen LogP contribution in [-0.2, 0) is 11.0 Å². The molecule has 6 nitrogen and oxygen atoms in total. The van der Waals surface area contributed by atoms with Crippen LogP contribution in [-0.4, -0.2) is 54.2 Å². The number of ether oxygens (including phenoxy) is 2. The van der Waals surface area contributed by atoms with Crippen LogP contribution in [0.3, 0.4) is 0 Å². The maximum Gasteiger partial charge on any atom is 0.416 e. The second-order valence-corrected chi connectivity index (χ2v) is 9.99. The maximum atomic E-state index is 13.1. The summed E-state index contributed by atoms with van der Waals surface area (Å²) in [5.74, 6) is 0.386. The van der Waals surface area contributed by atoms with Gasteiger partial charge in [-0.2, -0.15) is 13.2 Å². The minimum Gasteiger partial charge on any atom is -0.491 e. The first-order chi connectivity index (χ1) is 16.5. The van der Waals surface area contributed by atoms with Crippen LogP contribution < -0.4 is 14.4 Å². The number of thiazole rings is 1. The van der Waals surface area contributed by atoms with Crippen LogP contribution in [0, 0.1) is 0 Å². The van der Waals surface area contributed by atoms with Crippen LogP contribution in [0.5, 0.6) is 11.5 Å². The van der Waals surface area contributed by atoms with Crippen molar-refractivity contribution in [2.75, 3.05) is 31.1 Å². The third-order valence-electron chi connectivity index (χ3n) is 5.75. The largest absolute Gasteiger partial charge is 0.491 e. The molecule has 2 heterocycles. The first-order valence-corrected chi connectivity index (χ1v) is 12.3. The fraction of sp³-hybridized carbons (Fsp3) is 0.417. The molecule has 0 N–H and O–H groups in total. The fourth-order valence-electron chi connectivity index (χ4n) is 4.30. The highest BCUT2D eigenvalue weighted by Crippen LogP contribution is 2.37. The molecule has 0 amide bonds. The SMILES string of the molecule is CC(=O)Oc1ccc(Cl)c(OCCN2CC(C)N(c3nc4ccc(C(F)(F)F)cc4s3)C(C)C2)c1. The fourth-order valence-corrected chi connectivity index (χ4v) is 5.68. The van der Waals surface area contributed by atoms with Crippen molar-refractivity contribution in [2.24, 2.45) is 0 Å². The van der Waals surface area contributed by atoms with Gasteiger partial charge >= 0.3 is 12.1 Å². The molecule has 0 saturated carbocycles. The number of piperazine rings is 1. The predicted octanol–water partition coefficient (Wildman–Crippen LogP) is 5.87. The lowest BCUT2D eigenvalue weighted by Crippen LogP contribution is -2.57. The van der Waals surface area contributed by atoms with E-state index in [1.807, 2.05) is 0 Å². The molecule has 1 aromatic heterocycles. The lowest BCUT2D eigenvalue weighted by Gasteiger charge is -2.44. The standard InChI is InChI=1S/C24H25ClF3N3O3S/c1-14-12-30(8-9-33-21-11-18(34-16(3)32)5-6-19(21)25)13-15(2)31(14)23-29-20-7-4-17(24(26,27)28)10-22(20)35-23/h4-7,10-11,14-15H,8-9,12-13H2,1-3H3. The molecule has 2 aromatic carbocycles. The molecule has 1 aliphatic heterocycles. The van der Waals surface area contributed by atoms with Gasteiger partial charge in [0, 0.05) is 44.7 Å². The zero-order valence-electron chi connectivity index (χ0n) is 19.4. The number of rotatable bonds is 6. The van der Waals surface area contributed by atoms with Gasteiger partial charge in [0.05, 0.1) is 20.8 Å². The highest BCUT2D eigenvalue weighted by molar-refractivity contribution is 7.22. The molecule has 4 rings (SSSR count). The van der Waals surface area contributed by atoms with Crippen LogP contribution in [0.15, 0.2) is 36.4 Å². The van der Waals surface area contributed by atoms with Crippen LogP contribution in [0.1, 0.15) is 26.3 Å². The number of aromatic nitrogens is 1. The number of alkyl halides is 3. The molecule has 1 aliphatic rings. The highest BCUT2D eigenvalue weighted by atomic mass is 35.5. The van der Waals surface area contributed by atoms with Gasteiger partial charge in [-0.3, -0.25) is 9.69 Å². The quantitative estimate of drug-likeness (QED) is 0.295. The molecule has 0 bridgehead atoms. The van der Waals surface area contributed by atoms with Crippen molar-refractivity contribution in [3.8, 4) is 11.5 Å². The lowest BCUT2D eigenvalue weighted by molar-refractivity contribution is -0.137. The first-order valence-electron chi connectivity index (χ1n) is 11.1. The molecule has 0 spiro atoms. The Morgan fingerprint density at radius 1 is 1.17 bits per heavy atom. The maximum absolute atomic E-state index is 13.1. The summed E-state index contributed by atoms with van der Waals surface area (Å²) in [6.45, 7) is 8.03. The molecular formula is C24H25ClF3N3O3S. The number of halogens is 4. The number of carbonyl (C=O) groups is 1. The molecule has 11 heteroatoms. The van der Waals surface area contributed by atoms with E-state index in [-0.39, 0.29) is 12.1 Å². The van der Waals surface area contributed by atoms with Gasteiger partial charge in [-0.15, -0.1) is 0 Å². The van der Waals surface area contributed by atoms with Gasteiger partial charge in [0.1, 0.15) is 18.1 Å². The van der Waals surface area contributed by atoms with Crippen molar-refractivity contribution in [1.82, 2.24) is 9.88 Å². The molecule has 35 heavy (non-hydrogen) atoms. The Morgan fingerprint density at radius 3 is 2.54 bits per heavy atom. The van der Waals surface area contributed by atoms with E-state index in [9.17, 15) is 18.0 Å². The number of benzene rings is 2. The summed E-state index contributed by atoms with van der Waals surface area (Å²) in [7, 11) is 0. The average Bonchev–Trinajstić information content (AvgIpc) is 3.17. The first kappa shape index (κ1) is 25.5. The molecule has 0 radical (unpaired) electrons. The smallest absolute Gasteiger partial charge is 0.416 e. The zero-order valence-corrected chi connectivity index (χ0v) is 21.0. The molecule has 1 fully saturated rings. The number of esters is 1. The molecule has 3 aromatic rings. The molecular weight excluding hydrogens is 503 g/mol. The monoisotopic (exact) mass is 527 g/mol. The Kier molecular flexibility index (Phi) is 7.44. The Bertz CT molecular complexity index is 1210. The van der Waals surface area contributed by atoms with Gasteiger partial charge in [-0.1, -0.05) is 22.9 Å². The Morgan fingerprint density at radius 2 is 1.89 bits per heavy atom. The van der Waals surface area contributed by atoms with Gasteiger partial charge in [0.2, 0.25) is 0 Å². The van der Waals surface area contributed by atoms with Crippen molar-refractivity contribution >= 4 is 44.3 Å². The Labute approximate surface area is 210 Å². The van der Waals surface area contributed by atoms with Crippen LogP contribution in [0.25, 0.3) is 10.2 Å². The van der Waals surface area contributed by atoms with E-state index in [2.05, 4.69) is 28.6 Å². The summed E-state index contributed by atoms with van der Waals surface area (Å²) in [6, 6.07) is 8.70. The van der Waals surface area contributed by atoms with Crippen molar-refractivity contribution in [3.63, 3.8) is 0 Å². The zero-order chi connectivity index (χ0) is 25.3. The van der Waals surface area contributed by atoms with Crippen LogP contribution in [0.2, 0.25) is 5.02 Å². The minimum absolute atomic E-state index is 0.109. The van der Waals surface area contributed by atoms with Crippen molar-refractivity contribution in [3.05, 3.63) is 47.0 Å². The summed E-state index contributed by atoms with van der Waals surface area (Å²) in [5, 5.41) is 1.15. The summed E-state index contributed by atoms with van der Waals surface area (Å²) < 4.78 is 50.7. The third-order valence-corrected chi connectivity index (χ3v) is 7.09. The summed E-state index contributed by atoms with van der Waals surface area (Å²) in [5.41, 5.74) is -0.0919. The van der Waals surface area contributed by atoms with Crippen molar-refractivity contribution < 1.29 is 27.4 Å². The normalized spacial score (nSPS) is 19.2. The van der Waals surface area contributed by atoms with Gasteiger partial charge in [0.15, 0.2) is 5.13 Å². The summed E-state index contributed by atoms with van der Waals surface area (Å²) in [6.07, 6.45) is -4.38. The second-order valence-electron chi connectivity index (χ2n) is 8.58. The van der Waals surface area contributed by atoms with E-state index < -0.39 is 17.7 Å². The van der Waals surface area contributed by atoms with Gasteiger partial charge < -0.3 is 14.4 Å². The molecule has 2 atom stereocenters. The van der Waals surface area contributed by atoms with Crippen molar-refractivity contribution in [2.45, 2.75) is 39.0 Å². The van der Waals surface area contributed by atoms with E-state index in [0.29, 0.717) is 39.9 Å². The number of hydrogen-bond acceptors (Lipinski definition) is 7. The number of carbonyl (C=O) groups excluding carboxylic acids is 1. The topological polar surface area (TPSA) is 54.9 Å². The van der Waals surface area contributed by atoms with Crippen molar-refractivity contribution in [1.29, 1.82) is 0 Å². The second kappa shape index (κ2) is 10.2. The number of anilines is 1. The molecule has 0 aliphatic carbocycles. The molecule has 188 valence electrons.